The summed E-state index contributed by atoms with van der Waals surface area (Å²) >= 11 is 9.69. The standard InChI is InChI=1S/C18H17BrClN3O/c1-11-18-15-6-5-12(19)9-16(15)17(7-8-23(18)22-21-11)24-14-4-2-3-13(20)10-14/h2-6,9-10,17,21-22H,7-8H2,1H3. The molecule has 0 aliphatic carbocycles. The second-order valence-corrected chi connectivity index (χ2v) is 7.30. The van der Waals surface area contributed by atoms with E-state index in [1.54, 1.807) is 0 Å². The Balaban J connectivity index is 1.77. The zero-order chi connectivity index (χ0) is 16.7. The Morgan fingerprint density at radius 1 is 1.25 bits per heavy atom. The van der Waals surface area contributed by atoms with Crippen LogP contribution in [0, 0.1) is 0 Å². The summed E-state index contributed by atoms with van der Waals surface area (Å²) in [5.41, 5.74) is 11.1. The van der Waals surface area contributed by atoms with E-state index in [-0.39, 0.29) is 6.10 Å². The van der Waals surface area contributed by atoms with Crippen LogP contribution in [0.2, 0.25) is 5.02 Å². The molecule has 0 radical (unpaired) electrons. The predicted molar refractivity (Wildman–Crippen MR) is 99.2 cm³/mol. The van der Waals surface area contributed by atoms with Gasteiger partial charge in [0.05, 0.1) is 11.4 Å². The fourth-order valence-electron chi connectivity index (χ4n) is 3.23. The van der Waals surface area contributed by atoms with Gasteiger partial charge in [-0.25, -0.2) is 0 Å². The normalized spacial score (nSPS) is 19.5. The van der Waals surface area contributed by atoms with Crippen LogP contribution < -0.4 is 15.7 Å². The summed E-state index contributed by atoms with van der Waals surface area (Å²) in [6.07, 6.45) is 0.824. The van der Waals surface area contributed by atoms with Gasteiger partial charge in [0, 0.05) is 33.6 Å². The monoisotopic (exact) mass is 405 g/mol. The van der Waals surface area contributed by atoms with Gasteiger partial charge in [-0.15, -0.1) is 5.53 Å². The van der Waals surface area contributed by atoms with Crippen LogP contribution >= 0.6 is 27.5 Å². The van der Waals surface area contributed by atoms with E-state index in [0.29, 0.717) is 5.02 Å². The lowest BCUT2D eigenvalue weighted by molar-refractivity contribution is 0.173. The molecule has 0 fully saturated rings. The van der Waals surface area contributed by atoms with E-state index in [2.05, 4.69) is 57.0 Å². The third-order valence-corrected chi connectivity index (χ3v) is 5.04. The topological polar surface area (TPSA) is 36.5 Å². The first-order chi connectivity index (χ1) is 11.6. The number of allylic oxidation sites excluding steroid dienone is 1. The first-order valence-corrected chi connectivity index (χ1v) is 9.01. The molecule has 124 valence electrons. The number of hydrogen-bond donors (Lipinski definition) is 2. The number of nitrogens with zero attached hydrogens (tertiary/aromatic N) is 1. The van der Waals surface area contributed by atoms with E-state index < -0.39 is 0 Å². The molecule has 1 unspecified atom stereocenters. The molecule has 2 aliphatic heterocycles. The molecule has 0 amide bonds. The average Bonchev–Trinajstić information content (AvgIpc) is 2.84. The highest BCUT2D eigenvalue weighted by atomic mass is 79.9. The van der Waals surface area contributed by atoms with E-state index in [9.17, 15) is 0 Å². The van der Waals surface area contributed by atoms with Crippen LogP contribution in [0.3, 0.4) is 0 Å². The third-order valence-electron chi connectivity index (χ3n) is 4.31. The van der Waals surface area contributed by atoms with Crippen molar-refractivity contribution in [1.82, 2.24) is 16.0 Å². The Labute approximate surface area is 154 Å². The van der Waals surface area contributed by atoms with Crippen molar-refractivity contribution in [3.05, 3.63) is 68.8 Å². The number of hydrazine groups is 2. The van der Waals surface area contributed by atoms with Gasteiger partial charge in [-0.2, -0.15) is 0 Å². The second kappa shape index (κ2) is 6.31. The lowest BCUT2D eigenvalue weighted by atomic mass is 9.99. The van der Waals surface area contributed by atoms with E-state index in [0.717, 1.165) is 28.9 Å². The average molecular weight is 407 g/mol. The molecule has 2 aromatic rings. The van der Waals surface area contributed by atoms with Crippen LogP contribution in [0.5, 0.6) is 5.75 Å². The van der Waals surface area contributed by atoms with Crippen molar-refractivity contribution in [3.63, 3.8) is 0 Å². The largest absolute Gasteiger partial charge is 0.486 e. The maximum absolute atomic E-state index is 6.30. The lowest BCUT2D eigenvalue weighted by Crippen LogP contribution is -2.37. The molecule has 0 spiro atoms. The van der Waals surface area contributed by atoms with Crippen LogP contribution in [0.25, 0.3) is 5.70 Å². The molecule has 24 heavy (non-hydrogen) atoms. The second-order valence-electron chi connectivity index (χ2n) is 5.95. The molecular formula is C18H17BrClN3O. The maximum Gasteiger partial charge on any atom is 0.126 e. The van der Waals surface area contributed by atoms with Gasteiger partial charge in [0.25, 0.3) is 0 Å². The minimum Gasteiger partial charge on any atom is -0.486 e. The van der Waals surface area contributed by atoms with Crippen molar-refractivity contribution < 1.29 is 4.74 Å². The Bertz CT molecular complexity index is 824. The van der Waals surface area contributed by atoms with E-state index >= 15 is 0 Å². The summed E-state index contributed by atoms with van der Waals surface area (Å²) in [5, 5.41) is 2.82. The van der Waals surface area contributed by atoms with E-state index in [4.69, 9.17) is 16.3 Å². The molecular weight excluding hydrogens is 390 g/mol. The first kappa shape index (κ1) is 15.8. The zero-order valence-electron chi connectivity index (χ0n) is 13.1. The van der Waals surface area contributed by atoms with Gasteiger partial charge in [-0.05, 0) is 37.3 Å². The Morgan fingerprint density at radius 2 is 2.12 bits per heavy atom. The van der Waals surface area contributed by atoms with Crippen LogP contribution in [0.4, 0.5) is 0 Å². The highest BCUT2D eigenvalue weighted by molar-refractivity contribution is 9.10. The van der Waals surface area contributed by atoms with Crippen molar-refractivity contribution in [2.75, 3.05) is 6.54 Å². The molecule has 4 nitrogen and oxygen atoms in total. The van der Waals surface area contributed by atoms with Crippen LogP contribution in [-0.4, -0.2) is 11.6 Å². The molecule has 2 N–H and O–H groups in total. The van der Waals surface area contributed by atoms with Crippen molar-refractivity contribution in [2.24, 2.45) is 0 Å². The summed E-state index contributed by atoms with van der Waals surface area (Å²) < 4.78 is 7.34. The first-order valence-electron chi connectivity index (χ1n) is 7.84. The summed E-state index contributed by atoms with van der Waals surface area (Å²) in [4.78, 5) is 0. The van der Waals surface area contributed by atoms with Crippen LogP contribution in [0.15, 0.2) is 52.6 Å². The van der Waals surface area contributed by atoms with Gasteiger partial charge < -0.3 is 10.2 Å². The molecule has 0 bridgehead atoms. The molecule has 0 saturated carbocycles. The summed E-state index contributed by atoms with van der Waals surface area (Å²) in [6.45, 7) is 2.92. The molecule has 2 aliphatic rings. The predicted octanol–water partition coefficient (Wildman–Crippen LogP) is 4.64. The van der Waals surface area contributed by atoms with Crippen molar-refractivity contribution in [1.29, 1.82) is 0 Å². The number of ether oxygens (including phenoxy) is 1. The molecule has 4 rings (SSSR count). The highest BCUT2D eigenvalue weighted by Gasteiger charge is 2.31. The zero-order valence-corrected chi connectivity index (χ0v) is 15.5. The number of benzene rings is 2. The number of nitrogens with one attached hydrogen (secondary N) is 2. The quantitative estimate of drug-likeness (QED) is 0.762. The summed E-state index contributed by atoms with van der Waals surface area (Å²) in [5.74, 6) is 0.789. The molecule has 1 atom stereocenters. The number of hydrogen-bond acceptors (Lipinski definition) is 4. The van der Waals surface area contributed by atoms with Gasteiger partial charge in [0.15, 0.2) is 0 Å². The van der Waals surface area contributed by atoms with Gasteiger partial charge >= 0.3 is 0 Å². The number of halogens is 2. The van der Waals surface area contributed by atoms with Crippen molar-refractivity contribution in [3.8, 4) is 5.75 Å². The summed E-state index contributed by atoms with van der Waals surface area (Å²) in [7, 11) is 0. The van der Waals surface area contributed by atoms with Crippen LogP contribution in [0.1, 0.15) is 30.6 Å². The van der Waals surface area contributed by atoms with Crippen LogP contribution in [-0.2, 0) is 0 Å². The maximum atomic E-state index is 6.30. The van der Waals surface area contributed by atoms with Gasteiger partial charge in [-0.3, -0.25) is 5.01 Å². The fourth-order valence-corrected chi connectivity index (χ4v) is 3.79. The number of fused-ring (bicyclic) bond motifs is 3. The Kier molecular flexibility index (Phi) is 4.16. The van der Waals surface area contributed by atoms with E-state index in [1.807, 2.05) is 24.3 Å². The SMILES string of the molecule is CC1=C2c3ccc(Br)cc3C(Oc3cccc(Cl)c3)CCN2NN1. The van der Waals surface area contributed by atoms with E-state index in [1.165, 1.54) is 16.8 Å². The molecule has 0 aromatic heterocycles. The minimum atomic E-state index is -0.0383. The van der Waals surface area contributed by atoms with Gasteiger partial charge in [0.1, 0.15) is 11.9 Å². The summed E-state index contributed by atoms with van der Waals surface area (Å²) in [6, 6.07) is 13.9. The molecule has 2 heterocycles. The van der Waals surface area contributed by atoms with Gasteiger partial charge in [-0.1, -0.05) is 39.7 Å². The lowest BCUT2D eigenvalue weighted by Gasteiger charge is -2.20. The van der Waals surface area contributed by atoms with Crippen molar-refractivity contribution in [2.45, 2.75) is 19.4 Å². The molecule has 6 heteroatoms. The third kappa shape index (κ3) is 2.88. The Morgan fingerprint density at radius 3 is 2.96 bits per heavy atom. The number of rotatable bonds is 2. The Hall–Kier alpha value is -1.69. The van der Waals surface area contributed by atoms with Gasteiger partial charge in [0.2, 0.25) is 0 Å². The van der Waals surface area contributed by atoms with Crippen molar-refractivity contribution >= 4 is 33.2 Å². The smallest absolute Gasteiger partial charge is 0.126 e. The molecule has 0 saturated heterocycles. The minimum absolute atomic E-state index is 0.0383. The molecule has 2 aromatic carbocycles. The fraction of sp³-hybridized carbons (Fsp3) is 0.222. The highest BCUT2D eigenvalue weighted by Crippen LogP contribution is 2.39.